The summed E-state index contributed by atoms with van der Waals surface area (Å²) in [6.45, 7) is 10.5. The molecule has 0 N–H and O–H groups in total. The Bertz CT molecular complexity index is 205. The molecule has 0 atom stereocenters. The first-order valence-electron chi connectivity index (χ1n) is 7.34. The van der Waals surface area contributed by atoms with Gasteiger partial charge >= 0.3 is 0 Å². The molecule has 0 saturated heterocycles. The van der Waals surface area contributed by atoms with Crippen LogP contribution in [0.25, 0.3) is 0 Å². The topological polar surface area (TPSA) is 6.48 Å². The van der Waals surface area contributed by atoms with Crippen molar-refractivity contribution >= 4 is 0 Å². The van der Waals surface area contributed by atoms with Crippen LogP contribution in [0.1, 0.15) is 53.4 Å². The molecule has 1 aliphatic carbocycles. The van der Waals surface area contributed by atoms with Crippen molar-refractivity contribution in [2.24, 2.45) is 5.92 Å². The van der Waals surface area contributed by atoms with E-state index in [1.165, 1.54) is 32.2 Å². The quantitative estimate of drug-likeness (QED) is 0.728. The van der Waals surface area contributed by atoms with E-state index in [2.05, 4.69) is 51.6 Å². The van der Waals surface area contributed by atoms with Crippen molar-refractivity contribution in [2.75, 3.05) is 20.6 Å². The summed E-state index contributed by atoms with van der Waals surface area (Å²) in [7, 11) is 4.59. The van der Waals surface area contributed by atoms with E-state index in [1.54, 1.807) is 0 Å². The molecule has 0 aliphatic heterocycles. The zero-order valence-electron chi connectivity index (χ0n) is 12.7. The Kier molecular flexibility index (Phi) is 5.94. The Morgan fingerprint density at radius 1 is 0.882 bits per heavy atom. The summed E-state index contributed by atoms with van der Waals surface area (Å²) in [5, 5.41) is 0. The van der Waals surface area contributed by atoms with Crippen molar-refractivity contribution in [3.8, 4) is 0 Å². The molecule has 0 amide bonds. The van der Waals surface area contributed by atoms with Crippen LogP contribution in [0.15, 0.2) is 0 Å². The van der Waals surface area contributed by atoms with Crippen LogP contribution >= 0.6 is 0 Å². The molecule has 1 fully saturated rings. The monoisotopic (exact) mass is 240 g/mol. The molecule has 0 unspecified atom stereocenters. The van der Waals surface area contributed by atoms with Gasteiger partial charge in [0.05, 0.1) is 0 Å². The molecule has 0 radical (unpaired) electrons. The minimum Gasteiger partial charge on any atom is -0.303 e. The minimum absolute atomic E-state index is 0.685. The van der Waals surface area contributed by atoms with Gasteiger partial charge < -0.3 is 9.80 Å². The number of nitrogens with zero attached hydrogens (tertiary/aromatic N) is 2. The molecule has 0 heterocycles. The van der Waals surface area contributed by atoms with Crippen LogP contribution in [-0.4, -0.2) is 48.6 Å². The Morgan fingerprint density at radius 2 is 1.35 bits per heavy atom. The average Bonchev–Trinajstić information content (AvgIpc) is 2.27. The molecule has 1 rings (SSSR count). The SMILES string of the molecule is CC(C)CN(C)C1CCC(N(C)C(C)C)CC1. The number of hydrogen-bond donors (Lipinski definition) is 0. The van der Waals surface area contributed by atoms with E-state index in [0.717, 1.165) is 18.0 Å². The van der Waals surface area contributed by atoms with Crippen LogP contribution < -0.4 is 0 Å². The van der Waals surface area contributed by atoms with Gasteiger partial charge in [0.1, 0.15) is 0 Å². The third kappa shape index (κ3) is 4.59. The van der Waals surface area contributed by atoms with Crippen LogP contribution in [0, 0.1) is 5.92 Å². The van der Waals surface area contributed by atoms with Gasteiger partial charge in [0.2, 0.25) is 0 Å². The number of hydrogen-bond acceptors (Lipinski definition) is 2. The van der Waals surface area contributed by atoms with Gasteiger partial charge in [-0.2, -0.15) is 0 Å². The van der Waals surface area contributed by atoms with E-state index in [0.29, 0.717) is 6.04 Å². The Hall–Kier alpha value is -0.0800. The molecule has 0 aromatic carbocycles. The third-order valence-corrected chi connectivity index (χ3v) is 4.33. The molecular formula is C15H32N2. The lowest BCUT2D eigenvalue weighted by Gasteiger charge is -2.40. The van der Waals surface area contributed by atoms with Crippen molar-refractivity contribution < 1.29 is 0 Å². The summed E-state index contributed by atoms with van der Waals surface area (Å²) < 4.78 is 0. The summed E-state index contributed by atoms with van der Waals surface area (Å²) in [5.74, 6) is 0.788. The second kappa shape index (κ2) is 6.75. The van der Waals surface area contributed by atoms with Crippen LogP contribution in [0.3, 0.4) is 0 Å². The summed E-state index contributed by atoms with van der Waals surface area (Å²) in [4.78, 5) is 5.13. The molecule has 0 spiro atoms. The highest BCUT2D eigenvalue weighted by atomic mass is 15.2. The first-order chi connectivity index (χ1) is 7.91. The fourth-order valence-corrected chi connectivity index (χ4v) is 3.05. The van der Waals surface area contributed by atoms with E-state index in [1.807, 2.05) is 0 Å². The second-order valence-corrected chi connectivity index (χ2v) is 6.55. The van der Waals surface area contributed by atoms with E-state index in [9.17, 15) is 0 Å². The minimum atomic E-state index is 0.685. The van der Waals surface area contributed by atoms with Crippen LogP contribution in [0.2, 0.25) is 0 Å². The van der Waals surface area contributed by atoms with Crippen molar-refractivity contribution in [3.63, 3.8) is 0 Å². The normalized spacial score (nSPS) is 26.5. The van der Waals surface area contributed by atoms with Gasteiger partial charge in [-0.3, -0.25) is 0 Å². The zero-order valence-corrected chi connectivity index (χ0v) is 12.7. The van der Waals surface area contributed by atoms with Crippen LogP contribution in [0.5, 0.6) is 0 Å². The van der Waals surface area contributed by atoms with Gasteiger partial charge in [0.15, 0.2) is 0 Å². The van der Waals surface area contributed by atoms with Gasteiger partial charge in [-0.05, 0) is 59.5 Å². The van der Waals surface area contributed by atoms with Gasteiger partial charge in [-0.1, -0.05) is 13.8 Å². The lowest BCUT2D eigenvalue weighted by atomic mass is 9.89. The Labute approximate surface area is 108 Å². The Morgan fingerprint density at radius 3 is 1.76 bits per heavy atom. The van der Waals surface area contributed by atoms with E-state index >= 15 is 0 Å². The molecule has 1 saturated carbocycles. The van der Waals surface area contributed by atoms with Crippen molar-refractivity contribution in [1.29, 1.82) is 0 Å². The van der Waals surface area contributed by atoms with Gasteiger partial charge in [0, 0.05) is 24.7 Å². The maximum Gasteiger partial charge on any atom is 0.00960 e. The predicted octanol–water partition coefficient (Wildman–Crippen LogP) is 3.23. The summed E-state index contributed by atoms with van der Waals surface area (Å²) in [5.41, 5.74) is 0. The maximum atomic E-state index is 2.58. The van der Waals surface area contributed by atoms with E-state index in [4.69, 9.17) is 0 Å². The highest BCUT2D eigenvalue weighted by molar-refractivity contribution is 4.83. The lowest BCUT2D eigenvalue weighted by molar-refractivity contribution is 0.102. The predicted molar refractivity (Wildman–Crippen MR) is 76.4 cm³/mol. The highest BCUT2D eigenvalue weighted by Crippen LogP contribution is 2.26. The molecule has 17 heavy (non-hydrogen) atoms. The van der Waals surface area contributed by atoms with Crippen LogP contribution in [-0.2, 0) is 0 Å². The number of rotatable bonds is 5. The van der Waals surface area contributed by atoms with Gasteiger partial charge in [0.25, 0.3) is 0 Å². The molecule has 0 aromatic heterocycles. The highest BCUT2D eigenvalue weighted by Gasteiger charge is 2.27. The summed E-state index contributed by atoms with van der Waals surface area (Å²) in [6, 6.07) is 2.33. The molecule has 2 nitrogen and oxygen atoms in total. The molecule has 102 valence electrons. The van der Waals surface area contributed by atoms with Crippen molar-refractivity contribution in [1.82, 2.24) is 9.80 Å². The first-order valence-corrected chi connectivity index (χ1v) is 7.34. The van der Waals surface area contributed by atoms with Crippen LogP contribution in [0.4, 0.5) is 0 Å². The molecule has 2 heteroatoms. The van der Waals surface area contributed by atoms with Crippen molar-refractivity contribution in [2.45, 2.75) is 71.5 Å². The maximum absolute atomic E-state index is 2.58. The molecule has 1 aliphatic rings. The second-order valence-electron chi connectivity index (χ2n) is 6.55. The van der Waals surface area contributed by atoms with Gasteiger partial charge in [-0.15, -0.1) is 0 Å². The van der Waals surface area contributed by atoms with E-state index < -0.39 is 0 Å². The summed E-state index contributed by atoms with van der Waals surface area (Å²) >= 11 is 0. The lowest BCUT2D eigenvalue weighted by Crippen LogP contribution is -2.44. The zero-order chi connectivity index (χ0) is 13.0. The molecule has 0 bridgehead atoms. The fraction of sp³-hybridized carbons (Fsp3) is 1.00. The van der Waals surface area contributed by atoms with E-state index in [-0.39, 0.29) is 0 Å². The molecule has 0 aromatic rings. The molecular weight excluding hydrogens is 208 g/mol. The smallest absolute Gasteiger partial charge is 0.00960 e. The fourth-order valence-electron chi connectivity index (χ4n) is 3.05. The Balaban J connectivity index is 2.35. The van der Waals surface area contributed by atoms with Gasteiger partial charge in [-0.25, -0.2) is 0 Å². The van der Waals surface area contributed by atoms with Crippen molar-refractivity contribution in [3.05, 3.63) is 0 Å². The third-order valence-electron chi connectivity index (χ3n) is 4.33. The summed E-state index contributed by atoms with van der Waals surface area (Å²) in [6.07, 6.45) is 5.51. The largest absolute Gasteiger partial charge is 0.303 e. The standard InChI is InChI=1S/C15H32N2/c1-12(2)11-16(5)14-7-9-15(10-8-14)17(6)13(3)4/h12-15H,7-11H2,1-6H3. The average molecular weight is 240 g/mol. The first kappa shape index (κ1) is 15.0.